The summed E-state index contributed by atoms with van der Waals surface area (Å²) in [5, 5.41) is 19.1. The van der Waals surface area contributed by atoms with Gasteiger partial charge in [-0.25, -0.2) is 0 Å². The Morgan fingerprint density at radius 3 is 2.43 bits per heavy atom. The molecular weight excluding hydrogens is 388 g/mol. The number of aromatic nitrogens is 3. The predicted octanol–water partition coefficient (Wildman–Crippen LogP) is 6.28. The van der Waals surface area contributed by atoms with E-state index in [0.29, 0.717) is 11.4 Å². The van der Waals surface area contributed by atoms with Crippen LogP contribution in [0.2, 0.25) is 5.02 Å². The number of unbranched alkanes of at least 4 members (excludes halogenated alkanes) is 1. The summed E-state index contributed by atoms with van der Waals surface area (Å²) in [5.41, 5.74) is 3.21. The topological polar surface area (TPSA) is 54.5 Å². The fourth-order valence-electron chi connectivity index (χ4n) is 2.83. The molecule has 0 aliphatic heterocycles. The van der Waals surface area contributed by atoms with Gasteiger partial charge in [0, 0.05) is 17.7 Å². The van der Waals surface area contributed by atoms with Gasteiger partial charge in [0.1, 0.15) is 0 Å². The highest BCUT2D eigenvalue weighted by Crippen LogP contribution is 2.32. The number of nitriles is 1. The van der Waals surface area contributed by atoms with Crippen LogP contribution in [0.5, 0.6) is 0 Å². The van der Waals surface area contributed by atoms with Gasteiger partial charge < -0.3 is 0 Å². The van der Waals surface area contributed by atoms with Crippen molar-refractivity contribution >= 4 is 23.4 Å². The fourth-order valence-corrected chi connectivity index (χ4v) is 3.94. The Hall–Kier alpha value is -2.29. The van der Waals surface area contributed by atoms with E-state index in [0.717, 1.165) is 34.4 Å². The van der Waals surface area contributed by atoms with Crippen LogP contribution in [-0.4, -0.2) is 20.5 Å². The largest absolute Gasteiger partial charge is 0.269 e. The smallest absolute Gasteiger partial charge is 0.196 e. The molecule has 1 aromatic heterocycles. The molecule has 0 aliphatic rings. The van der Waals surface area contributed by atoms with Gasteiger partial charge in [0.25, 0.3) is 0 Å². The van der Waals surface area contributed by atoms with E-state index in [1.807, 2.05) is 28.8 Å². The lowest BCUT2D eigenvalue weighted by Crippen LogP contribution is -2.10. The van der Waals surface area contributed by atoms with E-state index >= 15 is 0 Å². The molecule has 0 aliphatic carbocycles. The first-order valence-corrected chi connectivity index (χ1v) is 10.6. The Kier molecular flexibility index (Phi) is 6.43. The minimum absolute atomic E-state index is 0.0939. The van der Waals surface area contributed by atoms with E-state index in [4.69, 9.17) is 16.9 Å². The van der Waals surface area contributed by atoms with Crippen molar-refractivity contribution in [3.63, 3.8) is 0 Å². The lowest BCUT2D eigenvalue weighted by molar-refractivity contribution is 0.590. The predicted molar refractivity (Wildman–Crippen MR) is 116 cm³/mol. The summed E-state index contributed by atoms with van der Waals surface area (Å²) in [6, 6.07) is 18.3. The average molecular weight is 411 g/mol. The number of thioether (sulfide) groups is 1. The van der Waals surface area contributed by atoms with Crippen molar-refractivity contribution in [2.24, 2.45) is 0 Å². The molecule has 0 saturated carbocycles. The van der Waals surface area contributed by atoms with E-state index in [-0.39, 0.29) is 5.41 Å². The minimum atomic E-state index is 0.0939. The number of hydrogen-bond donors (Lipinski definition) is 0. The Labute approximate surface area is 175 Å². The second-order valence-electron chi connectivity index (χ2n) is 7.53. The summed E-state index contributed by atoms with van der Waals surface area (Å²) in [6.45, 7) is 6.60. The Balaban J connectivity index is 2.03. The summed E-state index contributed by atoms with van der Waals surface area (Å²) in [5.74, 6) is 1.57. The average Bonchev–Trinajstić information content (AvgIpc) is 3.09. The van der Waals surface area contributed by atoms with Crippen LogP contribution in [0.1, 0.15) is 39.2 Å². The number of benzene rings is 2. The van der Waals surface area contributed by atoms with Crippen LogP contribution in [-0.2, 0) is 5.41 Å². The van der Waals surface area contributed by atoms with Crippen LogP contribution < -0.4 is 0 Å². The van der Waals surface area contributed by atoms with Crippen molar-refractivity contribution in [1.29, 1.82) is 5.26 Å². The van der Waals surface area contributed by atoms with Crippen LogP contribution in [0.3, 0.4) is 0 Å². The molecule has 0 bridgehead atoms. The van der Waals surface area contributed by atoms with Gasteiger partial charge in [-0.15, -0.1) is 10.2 Å². The molecule has 0 fully saturated rings. The zero-order chi connectivity index (χ0) is 20.1. The zero-order valence-corrected chi connectivity index (χ0v) is 17.9. The second kappa shape index (κ2) is 8.81. The van der Waals surface area contributed by atoms with Crippen molar-refractivity contribution in [1.82, 2.24) is 14.8 Å². The van der Waals surface area contributed by atoms with Gasteiger partial charge in [0.05, 0.1) is 16.8 Å². The molecule has 4 nitrogen and oxygen atoms in total. The number of nitrogens with zero attached hydrogens (tertiary/aromatic N) is 4. The molecule has 28 heavy (non-hydrogen) atoms. The first-order chi connectivity index (χ1) is 13.4. The Morgan fingerprint density at radius 1 is 1.07 bits per heavy atom. The molecule has 0 saturated heterocycles. The fraction of sp³-hybridized carbons (Fsp3) is 0.318. The molecule has 0 N–H and O–H groups in total. The molecule has 0 spiro atoms. The second-order valence-corrected chi connectivity index (χ2v) is 9.00. The van der Waals surface area contributed by atoms with Gasteiger partial charge in [0.15, 0.2) is 11.0 Å². The quantitative estimate of drug-likeness (QED) is 0.354. The molecule has 3 rings (SSSR count). The SMILES string of the molecule is CC(C)(C)c1ccc(-c2nnc(SCCCC#N)n2-c2ccccc2Cl)cc1. The van der Waals surface area contributed by atoms with Gasteiger partial charge in [-0.3, -0.25) is 4.57 Å². The summed E-state index contributed by atoms with van der Waals surface area (Å²) in [7, 11) is 0. The maximum atomic E-state index is 8.75. The van der Waals surface area contributed by atoms with Crippen LogP contribution in [0, 0.1) is 11.3 Å². The van der Waals surface area contributed by atoms with Crippen LogP contribution in [0.25, 0.3) is 17.1 Å². The van der Waals surface area contributed by atoms with Crippen LogP contribution in [0.15, 0.2) is 53.7 Å². The molecule has 6 heteroatoms. The van der Waals surface area contributed by atoms with Crippen molar-refractivity contribution < 1.29 is 0 Å². The van der Waals surface area contributed by atoms with E-state index in [2.05, 4.69) is 61.3 Å². The first-order valence-electron chi connectivity index (χ1n) is 9.23. The molecule has 144 valence electrons. The number of halogens is 1. The first kappa shape index (κ1) is 20.4. The molecule has 1 heterocycles. The molecule has 0 radical (unpaired) electrons. The molecule has 3 aromatic rings. The summed E-state index contributed by atoms with van der Waals surface area (Å²) < 4.78 is 2.01. The Morgan fingerprint density at radius 2 is 1.79 bits per heavy atom. The van der Waals surface area contributed by atoms with Gasteiger partial charge in [0.2, 0.25) is 0 Å². The minimum Gasteiger partial charge on any atom is -0.269 e. The number of rotatable bonds is 6. The maximum absolute atomic E-state index is 8.75. The summed E-state index contributed by atoms with van der Waals surface area (Å²) >= 11 is 8.08. The highest BCUT2D eigenvalue weighted by Gasteiger charge is 2.19. The third-order valence-corrected chi connectivity index (χ3v) is 5.73. The van der Waals surface area contributed by atoms with Crippen LogP contribution in [0.4, 0.5) is 0 Å². The lowest BCUT2D eigenvalue weighted by Gasteiger charge is -2.19. The van der Waals surface area contributed by atoms with Crippen molar-refractivity contribution in [2.45, 2.75) is 44.2 Å². The van der Waals surface area contributed by atoms with Crippen molar-refractivity contribution in [2.75, 3.05) is 5.75 Å². The molecule has 0 atom stereocenters. The lowest BCUT2D eigenvalue weighted by atomic mass is 9.87. The van der Waals surface area contributed by atoms with E-state index in [1.54, 1.807) is 11.8 Å². The highest BCUT2D eigenvalue weighted by atomic mass is 35.5. The Bertz CT molecular complexity index is 981. The summed E-state index contributed by atoms with van der Waals surface area (Å²) in [6.07, 6.45) is 1.35. The van der Waals surface area contributed by atoms with Crippen LogP contribution >= 0.6 is 23.4 Å². The molecular formula is C22H23ClN4S. The summed E-state index contributed by atoms with van der Waals surface area (Å²) in [4.78, 5) is 0. The normalized spacial score (nSPS) is 11.4. The van der Waals surface area contributed by atoms with Crippen molar-refractivity contribution in [3.8, 4) is 23.1 Å². The van der Waals surface area contributed by atoms with Gasteiger partial charge >= 0.3 is 0 Å². The van der Waals surface area contributed by atoms with E-state index in [1.165, 1.54) is 5.56 Å². The maximum Gasteiger partial charge on any atom is 0.196 e. The molecule has 2 aromatic carbocycles. The third-order valence-electron chi connectivity index (χ3n) is 4.40. The molecule has 0 unspecified atom stereocenters. The van der Waals surface area contributed by atoms with E-state index < -0.39 is 0 Å². The number of para-hydroxylation sites is 1. The third kappa shape index (κ3) is 4.57. The zero-order valence-electron chi connectivity index (χ0n) is 16.3. The van der Waals surface area contributed by atoms with E-state index in [9.17, 15) is 0 Å². The van der Waals surface area contributed by atoms with Crippen molar-refractivity contribution in [3.05, 3.63) is 59.1 Å². The number of hydrogen-bond acceptors (Lipinski definition) is 4. The standard InChI is InChI=1S/C22H23ClN4S/c1-22(2,3)17-12-10-16(11-13-17)20-25-26-21(28-15-7-6-14-24)27(20)19-9-5-4-8-18(19)23/h4-5,8-13H,6-7,15H2,1-3H3. The highest BCUT2D eigenvalue weighted by molar-refractivity contribution is 7.99. The monoisotopic (exact) mass is 410 g/mol. The van der Waals surface area contributed by atoms with Gasteiger partial charge in [-0.1, -0.05) is 80.5 Å². The van der Waals surface area contributed by atoms with Gasteiger partial charge in [-0.05, 0) is 29.5 Å². The van der Waals surface area contributed by atoms with Gasteiger partial charge in [-0.2, -0.15) is 5.26 Å². The molecule has 0 amide bonds.